The molecule has 2 aromatic carbocycles. The lowest BCUT2D eigenvalue weighted by molar-refractivity contribution is -0.113. The van der Waals surface area contributed by atoms with E-state index in [1.165, 1.54) is 22.0 Å². The smallest absolute Gasteiger partial charge is 0.234 e. The maximum absolute atomic E-state index is 12.4. The van der Waals surface area contributed by atoms with Gasteiger partial charge in [0.05, 0.1) is 5.75 Å². The van der Waals surface area contributed by atoms with E-state index in [1.54, 1.807) is 0 Å². The molecule has 0 aliphatic carbocycles. The normalized spacial score (nSPS) is 10.8. The second-order valence-corrected chi connectivity index (χ2v) is 7.54. The average molecular weight is 382 g/mol. The highest BCUT2D eigenvalue weighted by molar-refractivity contribution is 7.99. The summed E-state index contributed by atoms with van der Waals surface area (Å²) in [5.74, 6) is 6.83. The molecule has 3 N–H and O–H groups in total. The summed E-state index contributed by atoms with van der Waals surface area (Å²) >= 11 is 1.26. The zero-order valence-corrected chi connectivity index (χ0v) is 16.7. The van der Waals surface area contributed by atoms with Crippen molar-refractivity contribution in [3.05, 3.63) is 58.7 Å². The summed E-state index contributed by atoms with van der Waals surface area (Å²) in [4.78, 5) is 12.4. The number of hydrogen-bond donors (Lipinski definition) is 2. The van der Waals surface area contributed by atoms with Gasteiger partial charge in [-0.1, -0.05) is 53.7 Å². The third-order valence-corrected chi connectivity index (χ3v) is 5.27. The molecule has 0 atom stereocenters. The van der Waals surface area contributed by atoms with Gasteiger partial charge in [-0.2, -0.15) is 0 Å². The largest absolute Gasteiger partial charge is 0.335 e. The van der Waals surface area contributed by atoms with Crippen molar-refractivity contribution in [1.29, 1.82) is 0 Å². The molecule has 6 nitrogen and oxygen atoms in total. The number of amides is 1. The number of nitrogens with one attached hydrogen (secondary N) is 1. The molecule has 7 heteroatoms. The lowest BCUT2D eigenvalue weighted by Crippen LogP contribution is -2.17. The standard InChI is InChI=1S/C20H23N5OS/c1-12-9-14(3)18(15(4)10-12)22-17(26)11-27-20-24-23-19(25(20)21)16-8-6-5-7-13(16)2/h5-10H,11,21H2,1-4H3,(H,22,26). The van der Waals surface area contributed by atoms with Gasteiger partial charge in [0.2, 0.25) is 11.1 Å². The van der Waals surface area contributed by atoms with Crippen LogP contribution < -0.4 is 11.2 Å². The van der Waals surface area contributed by atoms with Gasteiger partial charge in [-0.15, -0.1) is 10.2 Å². The van der Waals surface area contributed by atoms with Crippen molar-refractivity contribution in [1.82, 2.24) is 14.9 Å². The molecule has 0 fully saturated rings. The minimum Gasteiger partial charge on any atom is -0.335 e. The van der Waals surface area contributed by atoms with Crippen LogP contribution in [-0.2, 0) is 4.79 Å². The van der Waals surface area contributed by atoms with E-state index in [0.29, 0.717) is 11.0 Å². The first kappa shape index (κ1) is 19.0. The Morgan fingerprint density at radius 3 is 2.41 bits per heavy atom. The minimum atomic E-state index is -0.101. The molecule has 0 unspecified atom stereocenters. The number of benzene rings is 2. The summed E-state index contributed by atoms with van der Waals surface area (Å²) in [5.41, 5.74) is 6.13. The summed E-state index contributed by atoms with van der Waals surface area (Å²) < 4.78 is 1.43. The van der Waals surface area contributed by atoms with Crippen LogP contribution in [0.5, 0.6) is 0 Å². The van der Waals surface area contributed by atoms with Gasteiger partial charge in [-0.05, 0) is 44.4 Å². The Bertz CT molecular complexity index is 973. The van der Waals surface area contributed by atoms with E-state index in [2.05, 4.69) is 27.6 Å². The van der Waals surface area contributed by atoms with Gasteiger partial charge in [0.15, 0.2) is 5.82 Å². The highest BCUT2D eigenvalue weighted by Crippen LogP contribution is 2.25. The monoisotopic (exact) mass is 381 g/mol. The number of aryl methyl sites for hydroxylation is 4. The lowest BCUT2D eigenvalue weighted by atomic mass is 10.1. The predicted octanol–water partition coefficient (Wildman–Crippen LogP) is 3.62. The highest BCUT2D eigenvalue weighted by Gasteiger charge is 2.15. The topological polar surface area (TPSA) is 85.8 Å². The zero-order valence-electron chi connectivity index (χ0n) is 15.9. The molecule has 3 rings (SSSR count). The zero-order chi connectivity index (χ0) is 19.6. The Kier molecular flexibility index (Phi) is 5.51. The number of rotatable bonds is 5. The fourth-order valence-corrected chi connectivity index (χ4v) is 3.72. The second kappa shape index (κ2) is 7.84. The van der Waals surface area contributed by atoms with Crippen molar-refractivity contribution in [3.8, 4) is 11.4 Å². The quantitative estimate of drug-likeness (QED) is 0.521. The van der Waals surface area contributed by atoms with Gasteiger partial charge < -0.3 is 11.2 Å². The Hall–Kier alpha value is -2.80. The summed E-state index contributed by atoms with van der Waals surface area (Å²) in [6, 6.07) is 12.0. The number of thioether (sulfide) groups is 1. The van der Waals surface area contributed by atoms with Crippen molar-refractivity contribution >= 4 is 23.4 Å². The third-order valence-electron chi connectivity index (χ3n) is 4.32. The average Bonchev–Trinajstić information content (AvgIpc) is 2.97. The fourth-order valence-electron chi connectivity index (χ4n) is 3.07. The van der Waals surface area contributed by atoms with E-state index in [4.69, 9.17) is 5.84 Å². The molecule has 0 saturated heterocycles. The molecule has 0 aliphatic rings. The molecule has 0 aliphatic heterocycles. The summed E-state index contributed by atoms with van der Waals surface area (Å²) in [6.07, 6.45) is 0. The molecule has 1 amide bonds. The van der Waals surface area contributed by atoms with Crippen molar-refractivity contribution in [2.24, 2.45) is 0 Å². The SMILES string of the molecule is Cc1cc(C)c(NC(=O)CSc2nnc(-c3ccccc3C)n2N)c(C)c1. The number of nitrogens with two attached hydrogens (primary N) is 1. The lowest BCUT2D eigenvalue weighted by Gasteiger charge is -2.12. The minimum absolute atomic E-state index is 0.101. The molecule has 3 aromatic rings. The van der Waals surface area contributed by atoms with Gasteiger partial charge >= 0.3 is 0 Å². The fraction of sp³-hybridized carbons (Fsp3) is 0.250. The van der Waals surface area contributed by atoms with Crippen LogP contribution in [0.15, 0.2) is 41.6 Å². The molecular weight excluding hydrogens is 358 g/mol. The van der Waals surface area contributed by atoms with Crippen LogP contribution in [0, 0.1) is 27.7 Å². The van der Waals surface area contributed by atoms with Crippen LogP contribution in [0.25, 0.3) is 11.4 Å². The van der Waals surface area contributed by atoms with Gasteiger partial charge in [0.25, 0.3) is 0 Å². The van der Waals surface area contributed by atoms with Gasteiger partial charge in [-0.3, -0.25) is 4.79 Å². The van der Waals surface area contributed by atoms with Crippen LogP contribution in [0.4, 0.5) is 5.69 Å². The van der Waals surface area contributed by atoms with E-state index in [-0.39, 0.29) is 11.7 Å². The second-order valence-electron chi connectivity index (χ2n) is 6.60. The third kappa shape index (κ3) is 4.14. The number of anilines is 1. The maximum atomic E-state index is 12.4. The van der Waals surface area contributed by atoms with Crippen LogP contribution in [0.2, 0.25) is 0 Å². The number of hydrogen-bond acceptors (Lipinski definition) is 5. The van der Waals surface area contributed by atoms with Crippen molar-refractivity contribution in [2.75, 3.05) is 16.9 Å². The molecule has 1 heterocycles. The molecule has 0 spiro atoms. The molecule has 0 bridgehead atoms. The van der Waals surface area contributed by atoms with Crippen LogP contribution in [-0.4, -0.2) is 26.5 Å². The van der Waals surface area contributed by atoms with Crippen LogP contribution in [0.3, 0.4) is 0 Å². The molecule has 0 saturated carbocycles. The van der Waals surface area contributed by atoms with E-state index in [9.17, 15) is 4.79 Å². The van der Waals surface area contributed by atoms with Crippen molar-refractivity contribution in [3.63, 3.8) is 0 Å². The predicted molar refractivity (Wildman–Crippen MR) is 110 cm³/mol. The number of nitrogens with zero attached hydrogens (tertiary/aromatic N) is 3. The van der Waals surface area contributed by atoms with Crippen molar-refractivity contribution in [2.45, 2.75) is 32.9 Å². The van der Waals surface area contributed by atoms with E-state index >= 15 is 0 Å². The summed E-state index contributed by atoms with van der Waals surface area (Å²) in [5, 5.41) is 11.8. The maximum Gasteiger partial charge on any atom is 0.234 e. The molecular formula is C20H23N5OS. The Balaban J connectivity index is 1.69. The Labute approximate surface area is 163 Å². The first-order valence-corrected chi connectivity index (χ1v) is 9.62. The molecule has 27 heavy (non-hydrogen) atoms. The Morgan fingerprint density at radius 1 is 1.07 bits per heavy atom. The van der Waals surface area contributed by atoms with Gasteiger partial charge in [-0.25, -0.2) is 4.68 Å². The van der Waals surface area contributed by atoms with Crippen LogP contribution in [0.1, 0.15) is 22.3 Å². The summed E-state index contributed by atoms with van der Waals surface area (Å²) in [7, 11) is 0. The highest BCUT2D eigenvalue weighted by atomic mass is 32.2. The van der Waals surface area contributed by atoms with E-state index in [0.717, 1.165) is 27.9 Å². The van der Waals surface area contributed by atoms with E-state index < -0.39 is 0 Å². The first-order chi connectivity index (χ1) is 12.9. The van der Waals surface area contributed by atoms with Gasteiger partial charge in [0, 0.05) is 11.3 Å². The first-order valence-electron chi connectivity index (χ1n) is 8.64. The summed E-state index contributed by atoms with van der Waals surface area (Å²) in [6.45, 7) is 8.03. The molecule has 0 radical (unpaired) electrons. The van der Waals surface area contributed by atoms with Crippen LogP contribution >= 0.6 is 11.8 Å². The number of aromatic nitrogens is 3. The Morgan fingerprint density at radius 2 is 1.74 bits per heavy atom. The van der Waals surface area contributed by atoms with E-state index in [1.807, 2.05) is 52.0 Å². The number of carbonyl (C=O) groups excluding carboxylic acids is 1. The number of nitrogen functional groups attached to an aromatic ring is 1. The number of carbonyl (C=O) groups is 1. The van der Waals surface area contributed by atoms with Gasteiger partial charge in [0.1, 0.15) is 0 Å². The van der Waals surface area contributed by atoms with Crippen molar-refractivity contribution < 1.29 is 4.79 Å². The molecule has 1 aromatic heterocycles. The molecule has 140 valence electrons.